The third-order valence-electron chi connectivity index (χ3n) is 5.76. The normalized spacial score (nSPS) is 27.5. The molecule has 4 heteroatoms. The Bertz CT molecular complexity index is 720. The fraction of sp³-hybridized carbons (Fsp3) is 0.429. The highest BCUT2D eigenvalue weighted by atomic mass is 16.5. The smallest absolute Gasteiger partial charge is 0.125 e. The van der Waals surface area contributed by atoms with E-state index < -0.39 is 11.6 Å². The zero-order chi connectivity index (χ0) is 17.3. The molecule has 2 heterocycles. The molecule has 1 spiro atoms. The van der Waals surface area contributed by atoms with Crippen LogP contribution in [0.1, 0.15) is 42.5 Å². The zero-order valence-corrected chi connectivity index (χ0v) is 14.3. The summed E-state index contributed by atoms with van der Waals surface area (Å²) in [5, 5.41) is 21.5. The van der Waals surface area contributed by atoms with Gasteiger partial charge in [-0.1, -0.05) is 55.0 Å². The number of benzene rings is 2. The van der Waals surface area contributed by atoms with Crippen LogP contribution in [0, 0.1) is 0 Å². The van der Waals surface area contributed by atoms with Gasteiger partial charge in [0, 0.05) is 5.56 Å². The molecule has 2 aliphatic heterocycles. The number of hydrogen-bond donors (Lipinski definition) is 2. The van der Waals surface area contributed by atoms with Gasteiger partial charge in [0.1, 0.15) is 18.5 Å². The summed E-state index contributed by atoms with van der Waals surface area (Å²) in [7, 11) is 0. The third kappa shape index (κ3) is 2.74. The Hall–Kier alpha value is -1.88. The van der Waals surface area contributed by atoms with Gasteiger partial charge in [0.25, 0.3) is 0 Å². The van der Waals surface area contributed by atoms with Crippen LogP contribution >= 0.6 is 0 Å². The highest BCUT2D eigenvalue weighted by molar-refractivity contribution is 5.40. The lowest BCUT2D eigenvalue weighted by Crippen LogP contribution is -2.62. The topological polar surface area (TPSA) is 52.9 Å². The summed E-state index contributed by atoms with van der Waals surface area (Å²) < 4.78 is 6.06. The Labute approximate surface area is 148 Å². The van der Waals surface area contributed by atoms with Crippen molar-refractivity contribution >= 4 is 0 Å². The quantitative estimate of drug-likeness (QED) is 0.902. The van der Waals surface area contributed by atoms with Crippen LogP contribution in [-0.2, 0) is 0 Å². The Kier molecular flexibility index (Phi) is 4.50. The maximum absolute atomic E-state index is 11.3. The molecule has 1 saturated heterocycles. The van der Waals surface area contributed by atoms with Crippen LogP contribution in [0.2, 0.25) is 0 Å². The molecule has 4 nitrogen and oxygen atoms in total. The molecule has 0 unspecified atom stereocenters. The zero-order valence-electron chi connectivity index (χ0n) is 14.3. The molecule has 132 valence electrons. The van der Waals surface area contributed by atoms with E-state index in [0.29, 0.717) is 6.61 Å². The molecule has 3 atom stereocenters. The van der Waals surface area contributed by atoms with Gasteiger partial charge in [0.15, 0.2) is 0 Å². The van der Waals surface area contributed by atoms with E-state index in [9.17, 15) is 10.2 Å². The van der Waals surface area contributed by atoms with Gasteiger partial charge in [-0.3, -0.25) is 4.90 Å². The predicted molar refractivity (Wildman–Crippen MR) is 96.5 cm³/mol. The van der Waals surface area contributed by atoms with Crippen molar-refractivity contribution in [1.82, 2.24) is 4.90 Å². The van der Waals surface area contributed by atoms with E-state index in [0.717, 1.165) is 42.7 Å². The number of rotatable bonds is 3. The minimum absolute atomic E-state index is 0.0279. The molecule has 0 aliphatic carbocycles. The second-order valence-corrected chi connectivity index (χ2v) is 7.09. The fourth-order valence-corrected chi connectivity index (χ4v) is 4.46. The maximum Gasteiger partial charge on any atom is 0.125 e. The van der Waals surface area contributed by atoms with Crippen LogP contribution < -0.4 is 4.74 Å². The van der Waals surface area contributed by atoms with E-state index in [1.165, 1.54) is 0 Å². The number of fused-ring (bicyclic) bond motifs is 1. The molecule has 0 bridgehead atoms. The maximum atomic E-state index is 11.3. The largest absolute Gasteiger partial charge is 0.491 e. The molecule has 2 aliphatic rings. The minimum atomic E-state index is -0.615. The molecule has 2 N–H and O–H groups in total. The lowest BCUT2D eigenvalue weighted by Gasteiger charge is -2.54. The number of piperidine rings is 1. The highest BCUT2D eigenvalue weighted by Gasteiger charge is 2.51. The standard InChI is InChI=1S/C21H25NO3/c23-14-18(16-8-2-1-3-9-16)22-13-7-6-12-21(22)15-25-19-11-5-4-10-17(19)20(21)24/h1-5,8-11,18,20,23-24H,6-7,12-15H2/t18-,20+,21+/m0/s1. The fourth-order valence-electron chi connectivity index (χ4n) is 4.46. The summed E-state index contributed by atoms with van der Waals surface area (Å²) in [6.45, 7) is 1.33. The van der Waals surface area contributed by atoms with Gasteiger partial charge in [0.05, 0.1) is 18.2 Å². The van der Waals surface area contributed by atoms with E-state index in [2.05, 4.69) is 4.90 Å². The van der Waals surface area contributed by atoms with Gasteiger partial charge in [-0.15, -0.1) is 0 Å². The van der Waals surface area contributed by atoms with Crippen molar-refractivity contribution in [2.75, 3.05) is 19.8 Å². The summed E-state index contributed by atoms with van der Waals surface area (Å²) in [5.74, 6) is 0.770. The van der Waals surface area contributed by atoms with Crippen LogP contribution in [-0.4, -0.2) is 40.4 Å². The third-order valence-corrected chi connectivity index (χ3v) is 5.76. The molecule has 0 amide bonds. The molecule has 1 fully saturated rings. The van der Waals surface area contributed by atoms with Gasteiger partial charge < -0.3 is 14.9 Å². The van der Waals surface area contributed by atoms with Crippen molar-refractivity contribution in [2.24, 2.45) is 0 Å². The first kappa shape index (κ1) is 16.6. The Morgan fingerprint density at radius 2 is 1.84 bits per heavy atom. The van der Waals surface area contributed by atoms with E-state index in [4.69, 9.17) is 4.74 Å². The molecule has 4 rings (SSSR count). The lowest BCUT2D eigenvalue weighted by atomic mass is 9.76. The summed E-state index contributed by atoms with van der Waals surface area (Å²) in [6, 6.07) is 17.7. The molecular weight excluding hydrogens is 314 g/mol. The number of hydrogen-bond acceptors (Lipinski definition) is 4. The predicted octanol–water partition coefficient (Wildman–Crippen LogP) is 3.07. The molecule has 2 aromatic rings. The molecule has 25 heavy (non-hydrogen) atoms. The number of ether oxygens (including phenoxy) is 1. The van der Waals surface area contributed by atoms with E-state index in [1.54, 1.807) is 0 Å². The summed E-state index contributed by atoms with van der Waals surface area (Å²) in [6.07, 6.45) is 2.38. The Balaban J connectivity index is 1.74. The van der Waals surface area contributed by atoms with Crippen molar-refractivity contribution in [3.05, 3.63) is 65.7 Å². The van der Waals surface area contributed by atoms with Gasteiger partial charge in [-0.2, -0.15) is 0 Å². The molecule has 0 radical (unpaired) electrons. The first-order valence-electron chi connectivity index (χ1n) is 9.08. The summed E-state index contributed by atoms with van der Waals surface area (Å²) in [4.78, 5) is 2.28. The number of aliphatic hydroxyl groups excluding tert-OH is 2. The first-order valence-corrected chi connectivity index (χ1v) is 9.08. The van der Waals surface area contributed by atoms with E-state index in [1.807, 2.05) is 54.6 Å². The van der Waals surface area contributed by atoms with E-state index in [-0.39, 0.29) is 12.6 Å². The second-order valence-electron chi connectivity index (χ2n) is 7.09. The molecular formula is C21H25NO3. The van der Waals surface area contributed by atoms with Crippen LogP contribution in [0.15, 0.2) is 54.6 Å². The molecule has 2 aromatic carbocycles. The van der Waals surface area contributed by atoms with Gasteiger partial charge in [0.2, 0.25) is 0 Å². The van der Waals surface area contributed by atoms with Crippen LogP contribution in [0.5, 0.6) is 5.75 Å². The van der Waals surface area contributed by atoms with Crippen LogP contribution in [0.4, 0.5) is 0 Å². The Morgan fingerprint density at radius 1 is 1.08 bits per heavy atom. The molecule has 0 aromatic heterocycles. The average molecular weight is 339 g/mol. The summed E-state index contributed by atoms with van der Waals surface area (Å²) >= 11 is 0. The first-order chi connectivity index (χ1) is 12.3. The van der Waals surface area contributed by atoms with Crippen molar-refractivity contribution in [3.63, 3.8) is 0 Å². The summed E-state index contributed by atoms with van der Waals surface area (Å²) in [5.41, 5.74) is 1.44. The lowest BCUT2D eigenvalue weighted by molar-refractivity contribution is -0.120. The monoisotopic (exact) mass is 339 g/mol. The number of likely N-dealkylation sites (tertiary alicyclic amines) is 1. The van der Waals surface area contributed by atoms with Crippen LogP contribution in [0.25, 0.3) is 0 Å². The SMILES string of the molecule is OC[C@@H](c1ccccc1)N1CCCC[C@]12COc1ccccc1[C@H]2O. The Morgan fingerprint density at radius 3 is 2.64 bits per heavy atom. The van der Waals surface area contributed by atoms with Crippen LogP contribution in [0.3, 0.4) is 0 Å². The van der Waals surface area contributed by atoms with E-state index >= 15 is 0 Å². The average Bonchev–Trinajstić information content (AvgIpc) is 2.68. The highest BCUT2D eigenvalue weighted by Crippen LogP contribution is 2.48. The number of aliphatic hydroxyl groups is 2. The van der Waals surface area contributed by atoms with Crippen molar-refractivity contribution in [3.8, 4) is 5.75 Å². The van der Waals surface area contributed by atoms with Crippen molar-refractivity contribution < 1.29 is 14.9 Å². The van der Waals surface area contributed by atoms with Gasteiger partial charge in [-0.05, 0) is 31.0 Å². The number of nitrogens with zero attached hydrogens (tertiary/aromatic N) is 1. The number of para-hydroxylation sites is 1. The minimum Gasteiger partial charge on any atom is -0.491 e. The van der Waals surface area contributed by atoms with Gasteiger partial charge >= 0.3 is 0 Å². The van der Waals surface area contributed by atoms with Crippen molar-refractivity contribution in [2.45, 2.75) is 36.9 Å². The van der Waals surface area contributed by atoms with Gasteiger partial charge in [-0.25, -0.2) is 0 Å². The van der Waals surface area contributed by atoms with Crippen molar-refractivity contribution in [1.29, 1.82) is 0 Å². The second kappa shape index (κ2) is 6.79. The molecule has 0 saturated carbocycles.